The number of esters is 1. The number of carbonyl (C=O) groups is 1. The van der Waals surface area contributed by atoms with Gasteiger partial charge in [0.25, 0.3) is 0 Å². The van der Waals surface area contributed by atoms with Crippen LogP contribution in [0.5, 0.6) is 5.75 Å². The molecular weight excluding hydrogens is 551 g/mol. The lowest BCUT2D eigenvalue weighted by atomic mass is 9.95. The molecule has 216 valence electrons. The molecule has 2 aliphatic rings. The summed E-state index contributed by atoms with van der Waals surface area (Å²) in [4.78, 5) is 18.4. The average molecular weight is 585 g/mol. The number of thioether (sulfide) groups is 1. The van der Waals surface area contributed by atoms with E-state index in [4.69, 9.17) is 14.6 Å². The van der Waals surface area contributed by atoms with E-state index >= 15 is 0 Å². The molecule has 2 heterocycles. The minimum absolute atomic E-state index is 0.0787. The predicted octanol–water partition coefficient (Wildman–Crippen LogP) is 7.45. The van der Waals surface area contributed by atoms with Gasteiger partial charge in [-0.15, -0.1) is 5.10 Å². The maximum Gasteiger partial charge on any atom is 0.338 e. The first-order valence-corrected chi connectivity index (χ1v) is 15.3. The van der Waals surface area contributed by atoms with Gasteiger partial charge in [-0.1, -0.05) is 78.8 Å². The molecule has 0 amide bonds. The Morgan fingerprint density at radius 2 is 1.74 bits per heavy atom. The first kappa shape index (κ1) is 28.0. The van der Waals surface area contributed by atoms with Crippen LogP contribution in [0.25, 0.3) is 0 Å². The Morgan fingerprint density at radius 3 is 2.50 bits per heavy atom. The Kier molecular flexibility index (Phi) is 8.55. The van der Waals surface area contributed by atoms with Crippen molar-refractivity contribution >= 4 is 23.7 Å². The second-order valence-electron chi connectivity index (χ2n) is 10.6. The molecule has 1 saturated carbocycles. The number of aromatic nitrogens is 3. The number of rotatable bonds is 9. The molecule has 1 N–H and O–H groups in total. The van der Waals surface area contributed by atoms with Gasteiger partial charge >= 0.3 is 5.97 Å². The average Bonchev–Trinajstić information content (AvgIpc) is 3.42. The summed E-state index contributed by atoms with van der Waals surface area (Å²) in [6, 6.07) is 23.9. The summed E-state index contributed by atoms with van der Waals surface area (Å²) in [5.41, 5.74) is 3.70. The number of hydrogen-bond acceptors (Lipinski definition) is 7. The SMILES string of the molecule is CC1=C(C(=O)OC2CCCCC2)C(c2ccc(OCc3ccccc3)cc2)n2nc(SCc3ccccc3F)nc2N1. The molecule has 0 radical (unpaired) electrons. The topological polar surface area (TPSA) is 78.3 Å². The van der Waals surface area contributed by atoms with Crippen molar-refractivity contribution in [1.29, 1.82) is 0 Å². The number of carbonyl (C=O) groups excluding carboxylic acids is 1. The number of allylic oxidation sites excluding steroid dienone is 1. The maximum atomic E-state index is 14.2. The van der Waals surface area contributed by atoms with Gasteiger partial charge in [0.05, 0.1) is 5.57 Å². The normalized spacial score (nSPS) is 17.0. The zero-order valence-corrected chi connectivity index (χ0v) is 24.3. The van der Waals surface area contributed by atoms with Crippen molar-refractivity contribution in [2.24, 2.45) is 0 Å². The summed E-state index contributed by atoms with van der Waals surface area (Å²) in [6.07, 6.45) is 5.00. The third-order valence-electron chi connectivity index (χ3n) is 7.64. The molecule has 1 fully saturated rings. The van der Waals surface area contributed by atoms with Crippen LogP contribution < -0.4 is 10.1 Å². The monoisotopic (exact) mass is 584 g/mol. The van der Waals surface area contributed by atoms with Crippen LogP contribution in [0.1, 0.15) is 61.8 Å². The minimum Gasteiger partial charge on any atom is -0.489 e. The Bertz CT molecular complexity index is 1570. The van der Waals surface area contributed by atoms with E-state index in [-0.39, 0.29) is 17.9 Å². The van der Waals surface area contributed by atoms with Crippen LogP contribution >= 0.6 is 11.8 Å². The van der Waals surface area contributed by atoms with E-state index in [0.29, 0.717) is 40.3 Å². The fourth-order valence-corrected chi connectivity index (χ4v) is 6.22. The molecule has 1 aliphatic heterocycles. The largest absolute Gasteiger partial charge is 0.489 e. The zero-order valence-electron chi connectivity index (χ0n) is 23.5. The van der Waals surface area contributed by atoms with Gasteiger partial charge in [0, 0.05) is 11.4 Å². The lowest BCUT2D eigenvalue weighted by molar-refractivity contribution is -0.146. The first-order valence-electron chi connectivity index (χ1n) is 14.3. The molecule has 1 aliphatic carbocycles. The molecule has 4 aromatic rings. The van der Waals surface area contributed by atoms with E-state index in [9.17, 15) is 9.18 Å². The molecule has 1 unspecified atom stereocenters. The molecule has 0 saturated heterocycles. The highest BCUT2D eigenvalue weighted by atomic mass is 32.2. The van der Waals surface area contributed by atoms with Crippen LogP contribution in [0.3, 0.4) is 0 Å². The molecule has 1 aromatic heterocycles. The van der Waals surface area contributed by atoms with Gasteiger partial charge in [0.1, 0.15) is 30.3 Å². The van der Waals surface area contributed by atoms with Crippen molar-refractivity contribution in [3.05, 3.63) is 113 Å². The summed E-state index contributed by atoms with van der Waals surface area (Å²) in [7, 11) is 0. The van der Waals surface area contributed by atoms with E-state index in [1.807, 2.05) is 67.6 Å². The van der Waals surface area contributed by atoms with Crippen LogP contribution in [0, 0.1) is 5.82 Å². The molecular formula is C33H33FN4O3S. The number of benzene rings is 3. The van der Waals surface area contributed by atoms with Crippen LogP contribution in [0.4, 0.5) is 10.3 Å². The zero-order chi connectivity index (χ0) is 28.9. The van der Waals surface area contributed by atoms with E-state index in [2.05, 4.69) is 10.3 Å². The quantitative estimate of drug-likeness (QED) is 0.162. The van der Waals surface area contributed by atoms with E-state index in [1.54, 1.807) is 16.8 Å². The molecule has 3 aromatic carbocycles. The summed E-state index contributed by atoms with van der Waals surface area (Å²) in [6.45, 7) is 2.33. The Morgan fingerprint density at radius 1 is 1.00 bits per heavy atom. The molecule has 1 atom stereocenters. The first-order chi connectivity index (χ1) is 20.5. The molecule has 7 nitrogen and oxygen atoms in total. The van der Waals surface area contributed by atoms with Crippen LogP contribution in [-0.4, -0.2) is 26.8 Å². The van der Waals surface area contributed by atoms with E-state index < -0.39 is 6.04 Å². The molecule has 6 rings (SSSR count). The minimum atomic E-state index is -0.546. The van der Waals surface area contributed by atoms with Crippen LogP contribution in [0.15, 0.2) is 95.3 Å². The fraction of sp³-hybridized carbons (Fsp3) is 0.303. The fourth-order valence-electron chi connectivity index (χ4n) is 5.41. The van der Waals surface area contributed by atoms with Crippen molar-refractivity contribution in [2.75, 3.05) is 5.32 Å². The van der Waals surface area contributed by atoms with E-state index in [1.165, 1.54) is 24.2 Å². The predicted molar refractivity (Wildman–Crippen MR) is 161 cm³/mol. The summed E-state index contributed by atoms with van der Waals surface area (Å²) >= 11 is 1.35. The summed E-state index contributed by atoms with van der Waals surface area (Å²) in [5, 5.41) is 8.53. The van der Waals surface area contributed by atoms with Gasteiger partial charge in [-0.2, -0.15) is 4.98 Å². The second kappa shape index (κ2) is 12.8. The molecule has 0 bridgehead atoms. The lowest BCUT2D eigenvalue weighted by Gasteiger charge is -2.30. The number of halogens is 1. The maximum absolute atomic E-state index is 14.2. The summed E-state index contributed by atoms with van der Waals surface area (Å²) < 4.78 is 28.0. The Balaban J connectivity index is 1.27. The molecule has 42 heavy (non-hydrogen) atoms. The number of fused-ring (bicyclic) bond motifs is 1. The standard InChI is InChI=1S/C33H33FN4O3S/c1-22-29(31(39)41-27-13-6-3-7-14-27)30(24-16-18-26(19-17-24)40-20-23-10-4-2-5-11-23)38-32(35-22)36-33(37-38)42-21-25-12-8-9-15-28(25)34/h2,4-5,8-12,15-19,27,30H,3,6-7,13-14,20-21H2,1H3,(H,35,36,37). The van der Waals surface area contributed by atoms with Gasteiger partial charge in [-0.05, 0) is 67.5 Å². The third kappa shape index (κ3) is 6.36. The smallest absolute Gasteiger partial charge is 0.338 e. The number of hydrogen-bond donors (Lipinski definition) is 1. The van der Waals surface area contributed by atoms with Gasteiger partial charge < -0.3 is 14.8 Å². The van der Waals surface area contributed by atoms with Gasteiger partial charge in [-0.25, -0.2) is 13.9 Å². The van der Waals surface area contributed by atoms with Crippen molar-refractivity contribution in [1.82, 2.24) is 14.8 Å². The van der Waals surface area contributed by atoms with Gasteiger partial charge in [-0.3, -0.25) is 0 Å². The number of nitrogens with one attached hydrogen (secondary N) is 1. The van der Waals surface area contributed by atoms with Gasteiger partial charge in [0.2, 0.25) is 11.1 Å². The second-order valence-corrected chi connectivity index (χ2v) is 11.6. The third-order valence-corrected chi connectivity index (χ3v) is 8.52. The van der Waals surface area contributed by atoms with Crippen molar-refractivity contribution in [2.45, 2.75) is 68.7 Å². The van der Waals surface area contributed by atoms with Crippen LogP contribution in [0.2, 0.25) is 0 Å². The number of nitrogens with zero attached hydrogens (tertiary/aromatic N) is 3. The number of ether oxygens (including phenoxy) is 2. The Hall–Kier alpha value is -4.11. The summed E-state index contributed by atoms with van der Waals surface area (Å²) in [5.74, 6) is 1.03. The highest BCUT2D eigenvalue weighted by Crippen LogP contribution is 2.38. The van der Waals surface area contributed by atoms with Gasteiger partial charge in [0.15, 0.2) is 0 Å². The van der Waals surface area contributed by atoms with Crippen molar-refractivity contribution in [3.8, 4) is 5.75 Å². The van der Waals surface area contributed by atoms with Crippen LogP contribution in [-0.2, 0) is 21.9 Å². The molecule has 0 spiro atoms. The van der Waals surface area contributed by atoms with Crippen molar-refractivity contribution in [3.63, 3.8) is 0 Å². The highest BCUT2D eigenvalue weighted by Gasteiger charge is 2.36. The Labute approximate surface area is 249 Å². The number of anilines is 1. The lowest BCUT2D eigenvalue weighted by Crippen LogP contribution is -2.32. The van der Waals surface area contributed by atoms with Crippen molar-refractivity contribution < 1.29 is 18.7 Å². The highest BCUT2D eigenvalue weighted by molar-refractivity contribution is 7.98. The van der Waals surface area contributed by atoms with E-state index in [0.717, 1.165) is 42.6 Å². The molecule has 9 heteroatoms.